The van der Waals surface area contributed by atoms with Gasteiger partial charge in [0.05, 0.1) is 0 Å². The molecule has 1 aliphatic heterocycles. The summed E-state index contributed by atoms with van der Waals surface area (Å²) in [6.45, 7) is 13.8. The van der Waals surface area contributed by atoms with Gasteiger partial charge in [-0.2, -0.15) is 0 Å². The Morgan fingerprint density at radius 1 is 0.773 bits per heavy atom. The van der Waals surface area contributed by atoms with Crippen LogP contribution >= 0.6 is 35.3 Å². The minimum atomic E-state index is -1.63. The third-order valence-electron chi connectivity index (χ3n) is 3.83. The lowest BCUT2D eigenvalue weighted by molar-refractivity contribution is 0.532. The zero-order valence-corrected chi connectivity index (χ0v) is 18.3. The normalized spacial score (nSPS) is 18.8. The molecule has 0 aromatic heterocycles. The third-order valence-corrected chi connectivity index (χ3v) is 11.2. The zero-order chi connectivity index (χ0) is 16.8. The molecule has 1 aliphatic rings. The molecule has 0 saturated carbocycles. The molecule has 0 spiro atoms. The van der Waals surface area contributed by atoms with E-state index in [1.165, 1.54) is 21.7 Å². The molecule has 0 saturated heterocycles. The van der Waals surface area contributed by atoms with E-state index >= 15 is 0 Å². The first kappa shape index (κ1) is 18.3. The molecular formula is C19H25Br2P. The Morgan fingerprint density at radius 3 is 1.77 bits per heavy atom. The van der Waals surface area contributed by atoms with Crippen molar-refractivity contribution < 1.29 is 0 Å². The molecule has 1 aromatic rings. The fourth-order valence-electron chi connectivity index (χ4n) is 2.70. The van der Waals surface area contributed by atoms with Gasteiger partial charge < -0.3 is 0 Å². The van der Waals surface area contributed by atoms with E-state index in [-0.39, 0.29) is 10.8 Å². The summed E-state index contributed by atoms with van der Waals surface area (Å²) in [5.41, 5.74) is 2.83. The lowest BCUT2D eigenvalue weighted by Crippen LogP contribution is -2.22. The van der Waals surface area contributed by atoms with Crippen molar-refractivity contribution in [1.82, 2.24) is 0 Å². The number of allylic oxidation sites excluding steroid dienone is 4. The van der Waals surface area contributed by atoms with Crippen LogP contribution < -0.4 is 0 Å². The average Bonchev–Trinajstić information content (AvgIpc) is 2.36. The van der Waals surface area contributed by atoms with Crippen molar-refractivity contribution in [3.05, 3.63) is 53.4 Å². The largest absolute Gasteiger partial charge is 0.0622 e. The van der Waals surface area contributed by atoms with E-state index in [0.29, 0.717) is 0 Å². The summed E-state index contributed by atoms with van der Waals surface area (Å²) in [4.78, 5) is 0. The molecule has 0 radical (unpaired) electrons. The highest BCUT2D eigenvalue weighted by Crippen LogP contribution is 2.76. The van der Waals surface area contributed by atoms with Crippen LogP contribution in [0.15, 0.2) is 47.8 Å². The number of hydrogen-bond donors (Lipinski definition) is 0. The standard InChI is InChI=1S/C19H25Br2P/c1-18(2,3)16-12-15(14-10-8-7-9-11-14)13-17(19(4,5)6)22(16,20)21/h7-13H,1-6H3. The fraction of sp³-hybridized carbons (Fsp3) is 0.421. The highest BCUT2D eigenvalue weighted by atomic mass is 79.9. The average molecular weight is 444 g/mol. The van der Waals surface area contributed by atoms with Crippen LogP contribution in [0.25, 0.3) is 5.57 Å². The minimum absolute atomic E-state index is 0.117. The van der Waals surface area contributed by atoms with Gasteiger partial charge in [0.25, 0.3) is 0 Å². The van der Waals surface area contributed by atoms with Crippen molar-refractivity contribution in [2.45, 2.75) is 41.5 Å². The van der Waals surface area contributed by atoms with Gasteiger partial charge in [-0.05, 0) is 75.7 Å². The second-order valence-corrected chi connectivity index (χ2v) is 19.1. The molecule has 0 unspecified atom stereocenters. The maximum absolute atomic E-state index is 4.07. The van der Waals surface area contributed by atoms with Gasteiger partial charge in [-0.1, -0.05) is 71.9 Å². The summed E-state index contributed by atoms with van der Waals surface area (Å²) in [6, 6.07) is 10.7. The number of halogens is 2. The van der Waals surface area contributed by atoms with Gasteiger partial charge in [0.15, 0.2) is 0 Å². The van der Waals surface area contributed by atoms with Gasteiger partial charge in [0.2, 0.25) is 0 Å². The first-order chi connectivity index (χ1) is 9.94. The molecular weight excluding hydrogens is 419 g/mol. The first-order valence-corrected chi connectivity index (χ1v) is 13.4. The molecule has 1 heterocycles. The van der Waals surface area contributed by atoms with Gasteiger partial charge in [0, 0.05) is 4.29 Å². The van der Waals surface area contributed by atoms with Crippen LogP contribution in [0, 0.1) is 10.8 Å². The SMILES string of the molecule is CC(C)(C)C1=CC(c2ccccc2)=CC(C(C)(C)C)=P1(Br)Br. The molecule has 120 valence electrons. The Kier molecular flexibility index (Phi) is 5.09. The molecule has 0 aliphatic carbocycles. The van der Waals surface area contributed by atoms with E-state index in [2.05, 4.69) is 115 Å². The zero-order valence-electron chi connectivity index (χ0n) is 14.2. The maximum Gasteiger partial charge on any atom is 0.0456 e. The van der Waals surface area contributed by atoms with Crippen LogP contribution in [0.2, 0.25) is 0 Å². The summed E-state index contributed by atoms with van der Waals surface area (Å²) in [7, 11) is 0. The van der Waals surface area contributed by atoms with Crippen LogP contribution in [-0.4, -0.2) is 5.29 Å². The van der Waals surface area contributed by atoms with Gasteiger partial charge in [-0.15, -0.1) is 0 Å². The van der Waals surface area contributed by atoms with Crippen molar-refractivity contribution in [1.29, 1.82) is 0 Å². The van der Waals surface area contributed by atoms with Crippen molar-refractivity contribution >= 4 is 46.1 Å². The van der Waals surface area contributed by atoms with Crippen LogP contribution in [0.4, 0.5) is 0 Å². The molecule has 0 nitrogen and oxygen atoms in total. The molecule has 0 N–H and O–H groups in total. The minimum Gasteiger partial charge on any atom is -0.0622 e. The highest BCUT2D eigenvalue weighted by Gasteiger charge is 2.36. The van der Waals surface area contributed by atoms with Crippen LogP contribution in [0.1, 0.15) is 47.1 Å². The molecule has 0 atom stereocenters. The Hall–Kier alpha value is -0.0400. The fourth-order valence-corrected chi connectivity index (χ4v) is 12.9. The van der Waals surface area contributed by atoms with E-state index in [0.717, 1.165) is 0 Å². The monoisotopic (exact) mass is 442 g/mol. The third kappa shape index (κ3) is 3.71. The summed E-state index contributed by atoms with van der Waals surface area (Å²) in [5, 5.41) is 2.93. The van der Waals surface area contributed by atoms with Crippen molar-refractivity contribution in [3.63, 3.8) is 0 Å². The van der Waals surface area contributed by atoms with E-state index in [4.69, 9.17) is 0 Å². The van der Waals surface area contributed by atoms with Gasteiger partial charge in [-0.25, -0.2) is 0 Å². The van der Waals surface area contributed by atoms with Crippen LogP contribution in [-0.2, 0) is 0 Å². The second-order valence-electron chi connectivity index (χ2n) is 7.89. The van der Waals surface area contributed by atoms with Gasteiger partial charge in [0.1, 0.15) is 0 Å². The molecule has 2 rings (SSSR count). The Bertz CT molecular complexity index is 674. The van der Waals surface area contributed by atoms with E-state index in [9.17, 15) is 0 Å². The molecule has 0 fully saturated rings. The predicted molar refractivity (Wildman–Crippen MR) is 111 cm³/mol. The molecule has 1 aromatic carbocycles. The molecule has 22 heavy (non-hydrogen) atoms. The summed E-state index contributed by atoms with van der Waals surface area (Å²) < 4.78 is -1.63. The van der Waals surface area contributed by atoms with Crippen LogP contribution in [0.3, 0.4) is 0 Å². The summed E-state index contributed by atoms with van der Waals surface area (Å²) in [5.74, 6) is 0. The Morgan fingerprint density at radius 2 is 1.32 bits per heavy atom. The molecule has 0 bridgehead atoms. The number of benzene rings is 1. The summed E-state index contributed by atoms with van der Waals surface area (Å²) in [6.07, 6.45) is 4.75. The molecule has 3 heteroatoms. The van der Waals surface area contributed by atoms with E-state index in [1.807, 2.05) is 0 Å². The van der Waals surface area contributed by atoms with Gasteiger partial charge in [-0.3, -0.25) is 0 Å². The lowest BCUT2D eigenvalue weighted by atomic mass is 9.88. The number of rotatable bonds is 1. The Balaban J connectivity index is 2.77. The van der Waals surface area contributed by atoms with E-state index < -0.39 is 4.29 Å². The highest BCUT2D eigenvalue weighted by molar-refractivity contribution is 9.72. The van der Waals surface area contributed by atoms with Crippen molar-refractivity contribution in [2.24, 2.45) is 10.8 Å². The summed E-state index contributed by atoms with van der Waals surface area (Å²) >= 11 is 8.15. The topological polar surface area (TPSA) is 0 Å². The predicted octanol–water partition coefficient (Wildman–Crippen LogP) is 7.87. The van der Waals surface area contributed by atoms with Crippen molar-refractivity contribution in [2.75, 3.05) is 0 Å². The first-order valence-electron chi connectivity index (χ1n) is 7.60. The van der Waals surface area contributed by atoms with E-state index in [1.54, 1.807) is 0 Å². The quantitative estimate of drug-likeness (QED) is 0.387. The lowest BCUT2D eigenvalue weighted by Gasteiger charge is -2.37. The van der Waals surface area contributed by atoms with Crippen molar-refractivity contribution in [3.8, 4) is 0 Å². The number of hydrogen-bond acceptors (Lipinski definition) is 0. The van der Waals surface area contributed by atoms with Crippen LogP contribution in [0.5, 0.6) is 0 Å². The maximum atomic E-state index is 4.07. The second kappa shape index (κ2) is 6.11. The Labute approximate surface area is 151 Å². The molecule has 0 amide bonds. The smallest absolute Gasteiger partial charge is 0.0456 e. The van der Waals surface area contributed by atoms with Gasteiger partial charge >= 0.3 is 0 Å².